The lowest BCUT2D eigenvalue weighted by molar-refractivity contribution is -0.138. The predicted molar refractivity (Wildman–Crippen MR) is 130 cm³/mol. The van der Waals surface area contributed by atoms with Crippen molar-refractivity contribution in [2.45, 2.75) is 57.2 Å². The molecule has 0 unspecified atom stereocenters. The summed E-state index contributed by atoms with van der Waals surface area (Å²) in [5.74, 6) is 0.354. The quantitative estimate of drug-likeness (QED) is 0.673. The minimum Gasteiger partial charge on any atom is -0.381 e. The number of halogens is 1. The second-order valence-corrected chi connectivity index (χ2v) is 10.2. The monoisotopic (exact) mass is 483 g/mol. The molecule has 2 aliphatic heterocycles. The van der Waals surface area contributed by atoms with Crippen molar-refractivity contribution in [2.75, 3.05) is 32.1 Å². The standard InChI is InChI=1S/C25H30ClN5O3/c1-25(8-3-9-25)30(2)21(32)15-31-14-17-5-4-16(12-19(17)23(31)33)22-20(26)13-27-24(29-22)28-18-6-10-34-11-7-18/h4-5,12-13,18H,3,6-11,14-15H2,1-2H3,(H,27,28,29). The Balaban J connectivity index is 1.32. The van der Waals surface area contributed by atoms with E-state index in [9.17, 15) is 9.59 Å². The highest BCUT2D eigenvalue weighted by atomic mass is 35.5. The fourth-order valence-electron chi connectivity index (χ4n) is 4.89. The largest absolute Gasteiger partial charge is 0.381 e. The number of nitrogens with zero attached hydrogens (tertiary/aromatic N) is 4. The Morgan fingerprint density at radius 3 is 2.79 bits per heavy atom. The van der Waals surface area contributed by atoms with Crippen molar-refractivity contribution >= 4 is 29.4 Å². The first kappa shape index (κ1) is 23.1. The van der Waals surface area contributed by atoms with E-state index in [1.165, 1.54) is 0 Å². The van der Waals surface area contributed by atoms with Gasteiger partial charge >= 0.3 is 0 Å². The first-order valence-corrected chi connectivity index (χ1v) is 12.3. The van der Waals surface area contributed by atoms with Crippen LogP contribution in [0.25, 0.3) is 11.3 Å². The molecule has 0 bridgehead atoms. The molecule has 0 radical (unpaired) electrons. The lowest BCUT2D eigenvalue weighted by atomic mass is 9.77. The lowest BCUT2D eigenvalue weighted by Crippen LogP contribution is -2.54. The van der Waals surface area contributed by atoms with Crippen molar-refractivity contribution < 1.29 is 14.3 Å². The topological polar surface area (TPSA) is 87.7 Å². The van der Waals surface area contributed by atoms with Crippen LogP contribution in [0.1, 0.15) is 54.9 Å². The average molecular weight is 484 g/mol. The molecule has 180 valence electrons. The number of fused-ring (bicyclic) bond motifs is 1. The first-order valence-electron chi connectivity index (χ1n) is 11.9. The summed E-state index contributed by atoms with van der Waals surface area (Å²) in [5, 5.41) is 3.78. The van der Waals surface area contributed by atoms with Gasteiger partial charge < -0.3 is 19.9 Å². The number of carbonyl (C=O) groups is 2. The van der Waals surface area contributed by atoms with Gasteiger partial charge in [0.2, 0.25) is 11.9 Å². The number of aromatic nitrogens is 2. The van der Waals surface area contributed by atoms with Crippen LogP contribution in [0.5, 0.6) is 0 Å². The molecule has 2 aromatic rings. The van der Waals surface area contributed by atoms with Crippen LogP contribution >= 0.6 is 11.6 Å². The zero-order chi connectivity index (χ0) is 23.9. The van der Waals surface area contributed by atoms with Crippen LogP contribution in [0.2, 0.25) is 5.02 Å². The van der Waals surface area contributed by atoms with Gasteiger partial charge in [0.15, 0.2) is 0 Å². The fraction of sp³-hybridized carbons (Fsp3) is 0.520. The number of hydrogen-bond acceptors (Lipinski definition) is 6. The molecule has 0 spiro atoms. The van der Waals surface area contributed by atoms with Gasteiger partial charge in [-0.05, 0) is 50.7 Å². The van der Waals surface area contributed by atoms with E-state index < -0.39 is 0 Å². The number of likely N-dealkylation sites (N-methyl/N-ethyl adjacent to an activating group) is 1. The Labute approximate surface area is 204 Å². The van der Waals surface area contributed by atoms with Crippen LogP contribution in [0, 0.1) is 0 Å². The van der Waals surface area contributed by atoms with Gasteiger partial charge in [0, 0.05) is 49.5 Å². The zero-order valence-electron chi connectivity index (χ0n) is 19.6. The Morgan fingerprint density at radius 2 is 2.09 bits per heavy atom. The second-order valence-electron chi connectivity index (χ2n) is 9.76. The summed E-state index contributed by atoms with van der Waals surface area (Å²) in [6.45, 7) is 4.07. The SMILES string of the molecule is CN(C(=O)CN1Cc2ccc(-c3nc(NC4CCOCC4)ncc3Cl)cc2C1=O)C1(C)CCC1. The highest BCUT2D eigenvalue weighted by Crippen LogP contribution is 2.37. The van der Waals surface area contributed by atoms with Crippen molar-refractivity contribution in [3.63, 3.8) is 0 Å². The number of ether oxygens (including phenoxy) is 1. The predicted octanol–water partition coefficient (Wildman–Crippen LogP) is 3.74. The average Bonchev–Trinajstić information content (AvgIpc) is 3.13. The second kappa shape index (κ2) is 9.15. The molecule has 3 aliphatic rings. The minimum atomic E-state index is -0.136. The lowest BCUT2D eigenvalue weighted by Gasteiger charge is -2.46. The summed E-state index contributed by atoms with van der Waals surface area (Å²) >= 11 is 6.44. The number of rotatable bonds is 6. The normalized spacial score (nSPS) is 19.5. The third kappa shape index (κ3) is 4.36. The van der Waals surface area contributed by atoms with Crippen LogP contribution in [0.15, 0.2) is 24.4 Å². The van der Waals surface area contributed by atoms with Crippen molar-refractivity contribution in [3.05, 3.63) is 40.5 Å². The zero-order valence-corrected chi connectivity index (χ0v) is 20.4. The molecule has 8 nitrogen and oxygen atoms in total. The molecule has 3 heterocycles. The minimum absolute atomic E-state index is 0.0220. The smallest absolute Gasteiger partial charge is 0.254 e. The molecule has 1 saturated carbocycles. The molecule has 2 amide bonds. The first-order chi connectivity index (χ1) is 16.3. The van der Waals surface area contributed by atoms with E-state index in [1.54, 1.807) is 11.1 Å². The van der Waals surface area contributed by atoms with E-state index in [2.05, 4.69) is 22.2 Å². The van der Waals surface area contributed by atoms with E-state index in [-0.39, 0.29) is 29.9 Å². The van der Waals surface area contributed by atoms with Crippen LogP contribution in [-0.4, -0.2) is 70.0 Å². The molecule has 34 heavy (non-hydrogen) atoms. The summed E-state index contributed by atoms with van der Waals surface area (Å²) in [6.07, 6.45) is 6.55. The van der Waals surface area contributed by atoms with Crippen LogP contribution in [0.4, 0.5) is 5.95 Å². The Bertz CT molecular complexity index is 1110. The summed E-state index contributed by atoms with van der Waals surface area (Å²) in [7, 11) is 1.84. The molecule has 1 aliphatic carbocycles. The van der Waals surface area contributed by atoms with Crippen molar-refractivity contribution in [2.24, 2.45) is 0 Å². The molecule has 9 heteroatoms. The summed E-state index contributed by atoms with van der Waals surface area (Å²) < 4.78 is 5.41. The van der Waals surface area contributed by atoms with E-state index in [1.807, 2.05) is 30.1 Å². The highest BCUT2D eigenvalue weighted by molar-refractivity contribution is 6.33. The molecule has 1 saturated heterocycles. The summed E-state index contributed by atoms with van der Waals surface area (Å²) in [5.41, 5.74) is 2.75. The maximum Gasteiger partial charge on any atom is 0.254 e. The molecule has 0 atom stereocenters. The van der Waals surface area contributed by atoms with Gasteiger partial charge in [-0.2, -0.15) is 0 Å². The number of carbonyl (C=O) groups excluding carboxylic acids is 2. The Morgan fingerprint density at radius 1 is 1.32 bits per heavy atom. The van der Waals surface area contributed by atoms with Gasteiger partial charge in [0.05, 0.1) is 16.9 Å². The van der Waals surface area contributed by atoms with E-state index in [0.717, 1.165) is 56.4 Å². The van der Waals surface area contributed by atoms with Gasteiger partial charge in [-0.15, -0.1) is 0 Å². The van der Waals surface area contributed by atoms with E-state index in [0.29, 0.717) is 28.8 Å². The fourth-order valence-corrected chi connectivity index (χ4v) is 5.09. The molecule has 2 fully saturated rings. The van der Waals surface area contributed by atoms with Crippen molar-refractivity contribution in [1.29, 1.82) is 0 Å². The Kier molecular flexibility index (Phi) is 6.20. The third-order valence-electron chi connectivity index (χ3n) is 7.50. The van der Waals surface area contributed by atoms with Crippen LogP contribution in [0.3, 0.4) is 0 Å². The molecule has 1 aromatic heterocycles. The number of benzene rings is 1. The van der Waals surface area contributed by atoms with Crippen molar-refractivity contribution in [1.82, 2.24) is 19.8 Å². The van der Waals surface area contributed by atoms with Crippen molar-refractivity contribution in [3.8, 4) is 11.3 Å². The molecular weight excluding hydrogens is 454 g/mol. The van der Waals surface area contributed by atoms with Crippen LogP contribution in [-0.2, 0) is 16.1 Å². The number of amides is 2. The van der Waals surface area contributed by atoms with Gasteiger partial charge in [0.1, 0.15) is 6.54 Å². The van der Waals surface area contributed by atoms with Gasteiger partial charge in [-0.3, -0.25) is 9.59 Å². The van der Waals surface area contributed by atoms with E-state index >= 15 is 0 Å². The van der Waals surface area contributed by atoms with Gasteiger partial charge in [0.25, 0.3) is 5.91 Å². The van der Waals surface area contributed by atoms with Gasteiger partial charge in [-0.1, -0.05) is 23.7 Å². The third-order valence-corrected chi connectivity index (χ3v) is 7.78. The van der Waals surface area contributed by atoms with Crippen LogP contribution < -0.4 is 5.32 Å². The van der Waals surface area contributed by atoms with E-state index in [4.69, 9.17) is 16.3 Å². The molecular formula is C25H30ClN5O3. The van der Waals surface area contributed by atoms with Gasteiger partial charge in [-0.25, -0.2) is 9.97 Å². The number of nitrogens with one attached hydrogen (secondary N) is 1. The molecule has 1 N–H and O–H groups in total. The number of anilines is 1. The maximum atomic E-state index is 13.2. The molecule has 1 aromatic carbocycles. The molecule has 5 rings (SSSR count). The Hall–Kier alpha value is -2.71. The summed E-state index contributed by atoms with van der Waals surface area (Å²) in [4.78, 5) is 38.4. The number of hydrogen-bond donors (Lipinski definition) is 1. The highest BCUT2D eigenvalue weighted by Gasteiger charge is 2.39. The maximum absolute atomic E-state index is 13.2. The summed E-state index contributed by atoms with van der Waals surface area (Å²) in [6, 6.07) is 5.93.